The standard InChI is InChI=1S/C14H24N2S/c1-2-5-11-7-8-12-13(10-11)17-14(16-12)6-3-4-9-15/h11H,2-10,15H2,1H3. The Morgan fingerprint density at radius 1 is 1.41 bits per heavy atom. The molecule has 3 heteroatoms. The Kier molecular flexibility index (Phi) is 4.99. The number of fused-ring (bicyclic) bond motifs is 1. The molecule has 1 aliphatic carbocycles. The minimum absolute atomic E-state index is 0.809. The third-order valence-corrected chi connectivity index (χ3v) is 4.81. The minimum atomic E-state index is 0.809. The summed E-state index contributed by atoms with van der Waals surface area (Å²) in [7, 11) is 0. The number of rotatable bonds is 6. The van der Waals surface area contributed by atoms with Gasteiger partial charge >= 0.3 is 0 Å². The van der Waals surface area contributed by atoms with E-state index >= 15 is 0 Å². The number of nitrogens with two attached hydrogens (primary N) is 1. The molecule has 1 aliphatic rings. The van der Waals surface area contributed by atoms with Gasteiger partial charge in [0.15, 0.2) is 0 Å². The highest BCUT2D eigenvalue weighted by Gasteiger charge is 2.21. The maximum Gasteiger partial charge on any atom is 0.0931 e. The van der Waals surface area contributed by atoms with Crippen LogP contribution in [-0.4, -0.2) is 11.5 Å². The van der Waals surface area contributed by atoms with Gasteiger partial charge in [-0.3, -0.25) is 0 Å². The van der Waals surface area contributed by atoms with Gasteiger partial charge in [-0.25, -0.2) is 4.98 Å². The van der Waals surface area contributed by atoms with Gasteiger partial charge in [-0.2, -0.15) is 0 Å². The van der Waals surface area contributed by atoms with Crippen LogP contribution in [0.3, 0.4) is 0 Å². The molecule has 1 aromatic heterocycles. The molecule has 0 amide bonds. The zero-order valence-corrected chi connectivity index (χ0v) is 11.7. The fourth-order valence-corrected chi connectivity index (χ4v) is 3.95. The molecule has 0 aliphatic heterocycles. The molecule has 1 atom stereocenters. The van der Waals surface area contributed by atoms with Gasteiger partial charge in [-0.05, 0) is 51.0 Å². The second kappa shape index (κ2) is 6.50. The van der Waals surface area contributed by atoms with Crippen molar-refractivity contribution in [2.45, 2.75) is 58.3 Å². The van der Waals surface area contributed by atoms with Crippen LogP contribution in [0.2, 0.25) is 0 Å². The highest BCUT2D eigenvalue weighted by Crippen LogP contribution is 2.32. The lowest BCUT2D eigenvalue weighted by molar-refractivity contribution is 0.423. The molecule has 1 aromatic rings. The summed E-state index contributed by atoms with van der Waals surface area (Å²) in [4.78, 5) is 6.38. The average Bonchev–Trinajstić information content (AvgIpc) is 2.72. The van der Waals surface area contributed by atoms with E-state index in [1.807, 2.05) is 11.3 Å². The summed E-state index contributed by atoms with van der Waals surface area (Å²) in [6, 6.07) is 0. The summed E-state index contributed by atoms with van der Waals surface area (Å²) >= 11 is 1.96. The van der Waals surface area contributed by atoms with Gasteiger partial charge in [0.05, 0.1) is 10.7 Å². The molecule has 2 nitrogen and oxygen atoms in total. The molecule has 0 fully saturated rings. The molecule has 1 unspecified atom stereocenters. The fraction of sp³-hybridized carbons (Fsp3) is 0.786. The van der Waals surface area contributed by atoms with E-state index in [-0.39, 0.29) is 0 Å². The Morgan fingerprint density at radius 3 is 3.06 bits per heavy atom. The first kappa shape index (κ1) is 13.0. The summed E-state index contributed by atoms with van der Waals surface area (Å²) in [5, 5.41) is 1.35. The van der Waals surface area contributed by atoms with Crippen LogP contribution in [-0.2, 0) is 19.3 Å². The molecule has 0 radical (unpaired) electrons. The lowest BCUT2D eigenvalue weighted by Gasteiger charge is -2.20. The fourth-order valence-electron chi connectivity index (χ4n) is 2.68. The molecule has 0 saturated heterocycles. The van der Waals surface area contributed by atoms with Crippen molar-refractivity contribution >= 4 is 11.3 Å². The summed E-state index contributed by atoms with van der Waals surface area (Å²) < 4.78 is 0. The maximum absolute atomic E-state index is 5.52. The van der Waals surface area contributed by atoms with Gasteiger partial charge in [0, 0.05) is 4.88 Å². The Balaban J connectivity index is 1.92. The van der Waals surface area contributed by atoms with E-state index in [2.05, 4.69) is 6.92 Å². The summed E-state index contributed by atoms with van der Waals surface area (Å²) in [6.07, 6.45) is 10.0. The normalized spacial score (nSPS) is 19.3. The van der Waals surface area contributed by atoms with Gasteiger partial charge in [0.2, 0.25) is 0 Å². The molecule has 0 saturated carbocycles. The van der Waals surface area contributed by atoms with Crippen LogP contribution in [0.1, 0.15) is 54.6 Å². The van der Waals surface area contributed by atoms with Crippen LogP contribution in [0.25, 0.3) is 0 Å². The largest absolute Gasteiger partial charge is 0.330 e. The van der Waals surface area contributed by atoms with Crippen molar-refractivity contribution in [2.75, 3.05) is 6.54 Å². The highest BCUT2D eigenvalue weighted by atomic mass is 32.1. The van der Waals surface area contributed by atoms with E-state index in [1.165, 1.54) is 49.2 Å². The number of thiazole rings is 1. The van der Waals surface area contributed by atoms with Gasteiger partial charge in [-0.1, -0.05) is 19.8 Å². The third kappa shape index (κ3) is 3.52. The Hall–Kier alpha value is -0.410. The predicted octanol–water partition coefficient (Wildman–Crippen LogP) is 3.33. The number of aromatic nitrogens is 1. The van der Waals surface area contributed by atoms with Crippen LogP contribution in [0.15, 0.2) is 0 Å². The molecule has 17 heavy (non-hydrogen) atoms. The van der Waals surface area contributed by atoms with Crippen molar-refractivity contribution in [3.05, 3.63) is 15.6 Å². The number of aryl methyl sites for hydroxylation is 2. The van der Waals surface area contributed by atoms with E-state index < -0.39 is 0 Å². The zero-order valence-electron chi connectivity index (χ0n) is 10.9. The topological polar surface area (TPSA) is 38.9 Å². The second-order valence-electron chi connectivity index (χ2n) is 5.12. The molecule has 0 spiro atoms. The van der Waals surface area contributed by atoms with Crippen molar-refractivity contribution in [2.24, 2.45) is 11.7 Å². The van der Waals surface area contributed by atoms with Crippen molar-refractivity contribution in [1.29, 1.82) is 0 Å². The second-order valence-corrected chi connectivity index (χ2v) is 6.29. The number of hydrogen-bond acceptors (Lipinski definition) is 3. The molecule has 1 heterocycles. The van der Waals surface area contributed by atoms with Gasteiger partial charge in [0.25, 0.3) is 0 Å². The molecule has 96 valence electrons. The van der Waals surface area contributed by atoms with E-state index in [4.69, 9.17) is 10.7 Å². The predicted molar refractivity (Wildman–Crippen MR) is 74.5 cm³/mol. The van der Waals surface area contributed by atoms with E-state index in [0.717, 1.165) is 25.3 Å². The third-order valence-electron chi connectivity index (χ3n) is 3.63. The van der Waals surface area contributed by atoms with Gasteiger partial charge < -0.3 is 5.73 Å². The van der Waals surface area contributed by atoms with E-state index in [9.17, 15) is 0 Å². The van der Waals surface area contributed by atoms with Crippen LogP contribution in [0.5, 0.6) is 0 Å². The van der Waals surface area contributed by atoms with Crippen LogP contribution in [0.4, 0.5) is 0 Å². The highest BCUT2D eigenvalue weighted by molar-refractivity contribution is 7.11. The summed E-state index contributed by atoms with van der Waals surface area (Å²) in [5.41, 5.74) is 6.93. The first-order valence-electron chi connectivity index (χ1n) is 7.01. The molecule has 0 bridgehead atoms. The SMILES string of the molecule is CCCC1CCc2nc(CCCCN)sc2C1. The summed E-state index contributed by atoms with van der Waals surface area (Å²) in [5.74, 6) is 0.921. The molecular formula is C14H24N2S. The smallest absolute Gasteiger partial charge is 0.0931 e. The lowest BCUT2D eigenvalue weighted by Crippen LogP contribution is -2.12. The first-order chi connectivity index (χ1) is 8.33. The molecule has 2 rings (SSSR count). The van der Waals surface area contributed by atoms with Crippen LogP contribution in [0, 0.1) is 5.92 Å². The van der Waals surface area contributed by atoms with Crippen molar-refractivity contribution in [3.8, 4) is 0 Å². The zero-order chi connectivity index (χ0) is 12.1. The molecule has 0 aromatic carbocycles. The number of nitrogens with zero attached hydrogens (tertiary/aromatic N) is 1. The molecular weight excluding hydrogens is 228 g/mol. The number of unbranched alkanes of at least 4 members (excludes halogenated alkanes) is 1. The van der Waals surface area contributed by atoms with Gasteiger partial charge in [0.1, 0.15) is 0 Å². The molecule has 2 N–H and O–H groups in total. The van der Waals surface area contributed by atoms with Crippen LogP contribution < -0.4 is 5.73 Å². The van der Waals surface area contributed by atoms with E-state index in [1.54, 1.807) is 4.88 Å². The minimum Gasteiger partial charge on any atom is -0.330 e. The van der Waals surface area contributed by atoms with Crippen molar-refractivity contribution in [1.82, 2.24) is 4.98 Å². The summed E-state index contributed by atoms with van der Waals surface area (Å²) in [6.45, 7) is 3.10. The first-order valence-corrected chi connectivity index (χ1v) is 7.82. The quantitative estimate of drug-likeness (QED) is 0.789. The van der Waals surface area contributed by atoms with Crippen molar-refractivity contribution < 1.29 is 0 Å². The van der Waals surface area contributed by atoms with Gasteiger partial charge in [-0.15, -0.1) is 11.3 Å². The Morgan fingerprint density at radius 2 is 2.29 bits per heavy atom. The monoisotopic (exact) mass is 252 g/mol. The lowest BCUT2D eigenvalue weighted by atomic mass is 9.88. The number of hydrogen-bond donors (Lipinski definition) is 1. The Bertz CT molecular complexity index is 346. The van der Waals surface area contributed by atoms with E-state index in [0.29, 0.717) is 0 Å². The van der Waals surface area contributed by atoms with Crippen molar-refractivity contribution in [3.63, 3.8) is 0 Å². The van der Waals surface area contributed by atoms with Crippen LogP contribution >= 0.6 is 11.3 Å². The Labute approximate surface area is 109 Å². The maximum atomic E-state index is 5.52. The average molecular weight is 252 g/mol.